The van der Waals surface area contributed by atoms with Gasteiger partial charge in [0, 0.05) is 38.4 Å². The number of imidazole rings is 1. The Balaban J connectivity index is 1.86. The predicted octanol–water partition coefficient (Wildman–Crippen LogP) is 1.79. The van der Waals surface area contributed by atoms with Crippen molar-refractivity contribution >= 4 is 5.96 Å². The van der Waals surface area contributed by atoms with Crippen molar-refractivity contribution in [3.05, 3.63) is 54.1 Å². The lowest BCUT2D eigenvalue weighted by Gasteiger charge is -2.09. The molecule has 5 heteroatoms. The van der Waals surface area contributed by atoms with Crippen LogP contribution >= 0.6 is 0 Å². The third-order valence-electron chi connectivity index (χ3n) is 3.16. The smallest absolute Gasteiger partial charge is 0.188 e. The van der Waals surface area contributed by atoms with Crippen LogP contribution in [0.5, 0.6) is 0 Å². The summed E-state index contributed by atoms with van der Waals surface area (Å²) >= 11 is 0. The fraction of sp³-hybridized carbons (Fsp3) is 0.375. The highest BCUT2D eigenvalue weighted by Gasteiger charge is 2.03. The SMILES string of the molecule is CCCN=C(N)NCCc1nccn1Cc1ccccc1. The van der Waals surface area contributed by atoms with Crippen molar-refractivity contribution in [3.8, 4) is 0 Å². The van der Waals surface area contributed by atoms with Crippen molar-refractivity contribution < 1.29 is 0 Å². The van der Waals surface area contributed by atoms with Crippen molar-refractivity contribution in [1.29, 1.82) is 0 Å². The zero-order chi connectivity index (χ0) is 14.9. The molecule has 5 nitrogen and oxygen atoms in total. The van der Waals surface area contributed by atoms with Crippen LogP contribution in [-0.4, -0.2) is 28.6 Å². The van der Waals surface area contributed by atoms with Crippen LogP contribution in [0.3, 0.4) is 0 Å². The lowest BCUT2D eigenvalue weighted by Crippen LogP contribution is -2.33. The molecule has 0 bridgehead atoms. The van der Waals surface area contributed by atoms with Crippen LogP contribution in [0.25, 0.3) is 0 Å². The summed E-state index contributed by atoms with van der Waals surface area (Å²) in [7, 11) is 0. The van der Waals surface area contributed by atoms with E-state index in [9.17, 15) is 0 Å². The van der Waals surface area contributed by atoms with Gasteiger partial charge in [0.2, 0.25) is 0 Å². The molecule has 0 saturated heterocycles. The van der Waals surface area contributed by atoms with Gasteiger partial charge in [0.15, 0.2) is 5.96 Å². The summed E-state index contributed by atoms with van der Waals surface area (Å²) < 4.78 is 2.16. The van der Waals surface area contributed by atoms with Gasteiger partial charge in [-0.15, -0.1) is 0 Å². The summed E-state index contributed by atoms with van der Waals surface area (Å²) in [6, 6.07) is 10.4. The van der Waals surface area contributed by atoms with Crippen LogP contribution in [-0.2, 0) is 13.0 Å². The van der Waals surface area contributed by atoms with Gasteiger partial charge < -0.3 is 15.6 Å². The van der Waals surface area contributed by atoms with Crippen molar-refractivity contribution in [3.63, 3.8) is 0 Å². The average Bonchev–Trinajstić information content (AvgIpc) is 2.93. The maximum atomic E-state index is 5.77. The summed E-state index contributed by atoms with van der Waals surface area (Å²) in [5, 5.41) is 3.12. The molecule has 0 unspecified atom stereocenters. The molecule has 0 fully saturated rings. The second kappa shape index (κ2) is 8.09. The Bertz CT molecular complexity index is 559. The number of guanidine groups is 1. The van der Waals surface area contributed by atoms with E-state index in [0.29, 0.717) is 5.96 Å². The Morgan fingerprint density at radius 3 is 2.90 bits per heavy atom. The molecule has 1 aromatic carbocycles. The van der Waals surface area contributed by atoms with E-state index in [1.54, 1.807) is 0 Å². The second-order valence-corrected chi connectivity index (χ2v) is 4.90. The van der Waals surface area contributed by atoms with E-state index in [-0.39, 0.29) is 0 Å². The quantitative estimate of drug-likeness (QED) is 0.602. The van der Waals surface area contributed by atoms with Gasteiger partial charge in [-0.05, 0) is 12.0 Å². The molecule has 1 aromatic heterocycles. The largest absolute Gasteiger partial charge is 0.370 e. The number of nitrogens with one attached hydrogen (secondary N) is 1. The predicted molar refractivity (Wildman–Crippen MR) is 86.3 cm³/mol. The topological polar surface area (TPSA) is 68.2 Å². The van der Waals surface area contributed by atoms with Gasteiger partial charge in [-0.2, -0.15) is 0 Å². The number of aromatic nitrogens is 2. The molecule has 0 saturated carbocycles. The van der Waals surface area contributed by atoms with E-state index in [0.717, 1.165) is 38.3 Å². The Kier molecular flexibility index (Phi) is 5.82. The molecule has 112 valence electrons. The molecular formula is C16H23N5. The standard InChI is InChI=1S/C16H23N5/c1-2-9-19-16(17)20-10-8-15-18-11-12-21(15)13-14-6-4-3-5-7-14/h3-7,11-12H,2,8-10,13H2,1H3,(H3,17,19,20). The lowest BCUT2D eigenvalue weighted by molar-refractivity contribution is 0.699. The Morgan fingerprint density at radius 2 is 2.14 bits per heavy atom. The van der Waals surface area contributed by atoms with Crippen molar-refractivity contribution in [1.82, 2.24) is 14.9 Å². The maximum Gasteiger partial charge on any atom is 0.188 e. The fourth-order valence-electron chi connectivity index (χ4n) is 2.08. The van der Waals surface area contributed by atoms with E-state index in [1.165, 1.54) is 5.56 Å². The average molecular weight is 285 g/mol. The van der Waals surface area contributed by atoms with Crippen molar-refractivity contribution in [2.45, 2.75) is 26.3 Å². The molecule has 2 rings (SSSR count). The van der Waals surface area contributed by atoms with Gasteiger partial charge in [-0.25, -0.2) is 4.98 Å². The number of hydrogen-bond acceptors (Lipinski definition) is 2. The summed E-state index contributed by atoms with van der Waals surface area (Å²) in [6.07, 6.45) is 5.68. The van der Waals surface area contributed by atoms with Gasteiger partial charge in [0.05, 0.1) is 0 Å². The molecule has 0 amide bonds. The van der Waals surface area contributed by atoms with E-state index >= 15 is 0 Å². The number of nitrogens with two attached hydrogens (primary N) is 1. The van der Waals surface area contributed by atoms with Gasteiger partial charge in [0.1, 0.15) is 5.82 Å². The minimum atomic E-state index is 0.512. The first-order chi connectivity index (χ1) is 10.3. The minimum Gasteiger partial charge on any atom is -0.370 e. The highest BCUT2D eigenvalue weighted by molar-refractivity contribution is 5.77. The highest BCUT2D eigenvalue weighted by Crippen LogP contribution is 2.05. The normalized spacial score (nSPS) is 11.6. The third-order valence-corrected chi connectivity index (χ3v) is 3.16. The number of rotatable bonds is 7. The molecule has 0 radical (unpaired) electrons. The van der Waals surface area contributed by atoms with E-state index in [2.05, 4.69) is 51.0 Å². The zero-order valence-electron chi connectivity index (χ0n) is 12.5. The minimum absolute atomic E-state index is 0.512. The first kappa shape index (κ1) is 15.1. The highest BCUT2D eigenvalue weighted by atomic mass is 15.1. The Labute approximate surface area is 125 Å². The molecule has 0 aliphatic rings. The molecule has 1 heterocycles. The van der Waals surface area contributed by atoms with Crippen LogP contribution in [0.15, 0.2) is 47.7 Å². The van der Waals surface area contributed by atoms with Crippen LogP contribution in [0.1, 0.15) is 24.7 Å². The summed E-state index contributed by atoms with van der Waals surface area (Å²) in [5.74, 6) is 1.56. The summed E-state index contributed by atoms with van der Waals surface area (Å²) in [6.45, 7) is 4.43. The third kappa shape index (κ3) is 4.95. The monoisotopic (exact) mass is 285 g/mol. The molecular weight excluding hydrogens is 262 g/mol. The van der Waals surface area contributed by atoms with Crippen LogP contribution in [0.2, 0.25) is 0 Å². The molecule has 0 aliphatic heterocycles. The fourth-order valence-corrected chi connectivity index (χ4v) is 2.08. The van der Waals surface area contributed by atoms with Gasteiger partial charge in [-0.3, -0.25) is 4.99 Å². The van der Waals surface area contributed by atoms with E-state index in [4.69, 9.17) is 5.73 Å². The molecule has 2 aromatic rings. The molecule has 21 heavy (non-hydrogen) atoms. The van der Waals surface area contributed by atoms with Crippen molar-refractivity contribution in [2.75, 3.05) is 13.1 Å². The first-order valence-corrected chi connectivity index (χ1v) is 7.37. The van der Waals surface area contributed by atoms with Crippen LogP contribution in [0, 0.1) is 0 Å². The zero-order valence-corrected chi connectivity index (χ0v) is 12.5. The molecule has 0 spiro atoms. The van der Waals surface area contributed by atoms with Gasteiger partial charge in [-0.1, -0.05) is 37.3 Å². The number of benzene rings is 1. The Morgan fingerprint density at radius 1 is 1.33 bits per heavy atom. The molecule has 3 N–H and O–H groups in total. The summed E-state index contributed by atoms with van der Waals surface area (Å²) in [5.41, 5.74) is 7.04. The van der Waals surface area contributed by atoms with Crippen LogP contribution < -0.4 is 11.1 Å². The second-order valence-electron chi connectivity index (χ2n) is 4.90. The van der Waals surface area contributed by atoms with E-state index < -0.39 is 0 Å². The first-order valence-electron chi connectivity index (χ1n) is 7.37. The van der Waals surface area contributed by atoms with Crippen LogP contribution in [0.4, 0.5) is 0 Å². The summed E-state index contributed by atoms with van der Waals surface area (Å²) in [4.78, 5) is 8.62. The number of hydrogen-bond donors (Lipinski definition) is 2. The number of aliphatic imine (C=N–C) groups is 1. The van der Waals surface area contributed by atoms with Gasteiger partial charge in [0.25, 0.3) is 0 Å². The van der Waals surface area contributed by atoms with E-state index in [1.807, 2.05) is 18.5 Å². The van der Waals surface area contributed by atoms with Gasteiger partial charge >= 0.3 is 0 Å². The van der Waals surface area contributed by atoms with Crippen molar-refractivity contribution in [2.24, 2.45) is 10.7 Å². The lowest BCUT2D eigenvalue weighted by atomic mass is 10.2. The molecule has 0 atom stereocenters. The maximum absolute atomic E-state index is 5.77. The molecule has 0 aliphatic carbocycles. The Hall–Kier alpha value is -2.30. The number of nitrogens with zero attached hydrogens (tertiary/aromatic N) is 3.